The van der Waals surface area contributed by atoms with Crippen LogP contribution in [-0.2, 0) is 9.53 Å². The normalized spacial score (nSPS) is 16.4. The number of carbonyl (C=O) groups excluding carboxylic acids is 1. The van der Waals surface area contributed by atoms with Gasteiger partial charge in [0, 0.05) is 11.1 Å². The molecule has 1 aromatic heterocycles. The Kier molecular flexibility index (Phi) is 3.34. The molecule has 1 aliphatic rings. The van der Waals surface area contributed by atoms with Crippen LogP contribution < -0.4 is 0 Å². The van der Waals surface area contributed by atoms with Crippen LogP contribution in [0.4, 0.5) is 0 Å². The largest absolute Gasteiger partial charge is 0.465 e. The third-order valence-corrected chi connectivity index (χ3v) is 3.17. The van der Waals surface area contributed by atoms with E-state index in [-0.39, 0.29) is 11.6 Å². The zero-order valence-corrected chi connectivity index (χ0v) is 11.5. The number of hydrogen-bond donors (Lipinski definition) is 0. The van der Waals surface area contributed by atoms with Crippen LogP contribution in [0.25, 0.3) is 6.08 Å². The van der Waals surface area contributed by atoms with Crippen LogP contribution >= 0.6 is 23.2 Å². The highest BCUT2D eigenvalue weighted by atomic mass is 35.5. The Bertz CT molecular complexity index is 733. The van der Waals surface area contributed by atoms with Gasteiger partial charge in [0.05, 0.1) is 16.8 Å². The molecule has 0 N–H and O–H groups in total. The molecule has 100 valence electrons. The fourth-order valence-corrected chi connectivity index (χ4v) is 2.06. The van der Waals surface area contributed by atoms with Crippen LogP contribution in [0.2, 0.25) is 10.0 Å². The number of rotatable bonds is 2. The quantitative estimate of drug-likeness (QED) is 0.624. The van der Waals surface area contributed by atoms with Gasteiger partial charge in [-0.1, -0.05) is 23.2 Å². The van der Waals surface area contributed by atoms with Crippen molar-refractivity contribution in [3.05, 3.63) is 63.7 Å². The third kappa shape index (κ3) is 2.48. The maximum Gasteiger partial charge on any atom is 0.363 e. The maximum atomic E-state index is 11.8. The summed E-state index contributed by atoms with van der Waals surface area (Å²) in [5.74, 6) is 0.0758. The molecule has 6 heteroatoms. The molecule has 4 nitrogen and oxygen atoms in total. The molecule has 0 amide bonds. The van der Waals surface area contributed by atoms with E-state index in [0.717, 1.165) is 0 Å². The number of furan rings is 1. The summed E-state index contributed by atoms with van der Waals surface area (Å²) in [7, 11) is 0. The number of nitrogens with zero attached hydrogens (tertiary/aromatic N) is 1. The second-order valence-electron chi connectivity index (χ2n) is 3.98. The predicted molar refractivity (Wildman–Crippen MR) is 75.8 cm³/mol. The highest BCUT2D eigenvalue weighted by molar-refractivity contribution is 6.36. The van der Waals surface area contributed by atoms with Crippen LogP contribution in [0, 0.1) is 0 Å². The van der Waals surface area contributed by atoms with Gasteiger partial charge in [-0.25, -0.2) is 9.79 Å². The molecule has 0 saturated carbocycles. The number of ether oxygens (including phenoxy) is 1. The van der Waals surface area contributed by atoms with Gasteiger partial charge < -0.3 is 9.15 Å². The summed E-state index contributed by atoms with van der Waals surface area (Å²) in [5, 5.41) is 0.881. The minimum atomic E-state index is -0.563. The molecular formula is C14H7Cl2NO3. The van der Waals surface area contributed by atoms with Crippen LogP contribution in [0.15, 0.2) is 51.7 Å². The first-order valence-electron chi connectivity index (χ1n) is 5.65. The Morgan fingerprint density at radius 2 is 2.05 bits per heavy atom. The average molecular weight is 308 g/mol. The summed E-state index contributed by atoms with van der Waals surface area (Å²) in [6.07, 6.45) is 3.00. The predicted octanol–water partition coefficient (Wildman–Crippen LogP) is 3.93. The Morgan fingerprint density at radius 3 is 2.80 bits per heavy atom. The Balaban J connectivity index is 2.00. The zero-order chi connectivity index (χ0) is 14.1. The van der Waals surface area contributed by atoms with Crippen molar-refractivity contribution < 1.29 is 13.9 Å². The second-order valence-corrected chi connectivity index (χ2v) is 4.82. The Morgan fingerprint density at radius 1 is 1.20 bits per heavy atom. The monoisotopic (exact) mass is 307 g/mol. The van der Waals surface area contributed by atoms with Crippen molar-refractivity contribution in [2.24, 2.45) is 4.99 Å². The van der Waals surface area contributed by atoms with Gasteiger partial charge in [0.1, 0.15) is 5.76 Å². The smallest absolute Gasteiger partial charge is 0.363 e. The number of benzene rings is 1. The topological polar surface area (TPSA) is 51.8 Å². The van der Waals surface area contributed by atoms with Crippen LogP contribution in [0.5, 0.6) is 0 Å². The second kappa shape index (κ2) is 5.15. The van der Waals surface area contributed by atoms with Gasteiger partial charge >= 0.3 is 5.97 Å². The Labute approximate surface area is 124 Å². The van der Waals surface area contributed by atoms with E-state index >= 15 is 0 Å². The van der Waals surface area contributed by atoms with Crippen LogP contribution in [0.3, 0.4) is 0 Å². The van der Waals surface area contributed by atoms with Gasteiger partial charge in [0.25, 0.3) is 0 Å². The van der Waals surface area contributed by atoms with Crippen molar-refractivity contribution in [1.29, 1.82) is 0 Å². The van der Waals surface area contributed by atoms with Crippen molar-refractivity contribution in [2.45, 2.75) is 0 Å². The number of aliphatic imine (C=N–C) groups is 1. The Hall–Kier alpha value is -2.04. The molecule has 1 aromatic carbocycles. The van der Waals surface area contributed by atoms with E-state index in [0.29, 0.717) is 21.4 Å². The molecule has 2 heterocycles. The maximum absolute atomic E-state index is 11.8. The van der Waals surface area contributed by atoms with E-state index in [1.54, 1.807) is 30.3 Å². The summed E-state index contributed by atoms with van der Waals surface area (Å²) in [5.41, 5.74) is 0.612. The standard InChI is InChI=1S/C14H7Cl2NO3/c15-8-3-4-11(16)10(6-8)13-17-12(14(18)20-13)7-9-2-1-5-19-9/h1-7H. The van der Waals surface area contributed by atoms with Gasteiger partial charge in [-0.15, -0.1) is 0 Å². The number of carbonyl (C=O) groups is 1. The molecule has 0 unspecified atom stereocenters. The van der Waals surface area contributed by atoms with Gasteiger partial charge in [-0.05, 0) is 30.3 Å². The van der Waals surface area contributed by atoms with Crippen molar-refractivity contribution >= 4 is 41.1 Å². The first-order valence-corrected chi connectivity index (χ1v) is 6.40. The number of hydrogen-bond acceptors (Lipinski definition) is 4. The fraction of sp³-hybridized carbons (Fsp3) is 0. The average Bonchev–Trinajstić information content (AvgIpc) is 3.04. The van der Waals surface area contributed by atoms with Gasteiger partial charge in [-0.3, -0.25) is 0 Å². The van der Waals surface area contributed by atoms with E-state index in [1.807, 2.05) is 0 Å². The fourth-order valence-electron chi connectivity index (χ4n) is 1.69. The first kappa shape index (κ1) is 13.0. The molecule has 20 heavy (non-hydrogen) atoms. The number of halogens is 2. The summed E-state index contributed by atoms with van der Waals surface area (Å²) in [6, 6.07) is 8.27. The lowest BCUT2D eigenvalue weighted by molar-refractivity contribution is -0.129. The minimum Gasteiger partial charge on any atom is -0.465 e. The molecule has 1 aliphatic heterocycles. The SMILES string of the molecule is O=C1OC(c2cc(Cl)ccc2Cl)=NC1=Cc1ccco1. The molecule has 0 aliphatic carbocycles. The molecule has 0 saturated heterocycles. The van der Waals surface area contributed by atoms with E-state index in [9.17, 15) is 4.79 Å². The number of cyclic esters (lactones) is 1. The minimum absolute atomic E-state index is 0.125. The van der Waals surface area contributed by atoms with E-state index in [4.69, 9.17) is 32.4 Å². The molecule has 0 atom stereocenters. The summed E-state index contributed by atoms with van der Waals surface area (Å²) >= 11 is 11.9. The molecular weight excluding hydrogens is 301 g/mol. The van der Waals surface area contributed by atoms with E-state index in [1.165, 1.54) is 12.3 Å². The highest BCUT2D eigenvalue weighted by Crippen LogP contribution is 2.26. The highest BCUT2D eigenvalue weighted by Gasteiger charge is 2.26. The molecule has 3 rings (SSSR count). The molecule has 0 radical (unpaired) electrons. The molecule has 0 spiro atoms. The summed E-state index contributed by atoms with van der Waals surface area (Å²) < 4.78 is 10.2. The van der Waals surface area contributed by atoms with Crippen LogP contribution in [-0.4, -0.2) is 11.9 Å². The molecule has 0 fully saturated rings. The van der Waals surface area contributed by atoms with Gasteiger partial charge in [-0.2, -0.15) is 0 Å². The van der Waals surface area contributed by atoms with Crippen LogP contribution in [0.1, 0.15) is 11.3 Å². The van der Waals surface area contributed by atoms with E-state index in [2.05, 4.69) is 4.99 Å². The van der Waals surface area contributed by atoms with E-state index < -0.39 is 5.97 Å². The summed E-state index contributed by atoms with van der Waals surface area (Å²) in [4.78, 5) is 15.9. The first-order chi connectivity index (χ1) is 9.63. The lowest BCUT2D eigenvalue weighted by Crippen LogP contribution is -2.05. The summed E-state index contributed by atoms with van der Waals surface area (Å²) in [6.45, 7) is 0. The zero-order valence-electron chi connectivity index (χ0n) is 9.97. The van der Waals surface area contributed by atoms with Crippen molar-refractivity contribution in [1.82, 2.24) is 0 Å². The van der Waals surface area contributed by atoms with Crippen molar-refractivity contribution in [3.8, 4) is 0 Å². The lowest BCUT2D eigenvalue weighted by atomic mass is 10.2. The van der Waals surface area contributed by atoms with Crippen molar-refractivity contribution in [3.63, 3.8) is 0 Å². The van der Waals surface area contributed by atoms with Gasteiger partial charge in [0.2, 0.25) is 5.90 Å². The molecule has 0 bridgehead atoms. The number of esters is 1. The lowest BCUT2D eigenvalue weighted by Gasteiger charge is -2.02. The third-order valence-electron chi connectivity index (χ3n) is 2.60. The van der Waals surface area contributed by atoms with Gasteiger partial charge in [0.15, 0.2) is 5.70 Å². The van der Waals surface area contributed by atoms with Crippen molar-refractivity contribution in [2.75, 3.05) is 0 Å². The molecule has 2 aromatic rings.